The van der Waals surface area contributed by atoms with E-state index in [4.69, 9.17) is 4.74 Å². The van der Waals surface area contributed by atoms with E-state index in [0.29, 0.717) is 0 Å². The zero-order valence-electron chi connectivity index (χ0n) is 12.4. The topological polar surface area (TPSA) is 9.23 Å². The molecular weight excluding hydrogens is 222 g/mol. The minimum atomic E-state index is 0.735. The van der Waals surface area contributed by atoms with Crippen molar-refractivity contribution in [3.8, 4) is 0 Å². The Morgan fingerprint density at radius 2 is 1.72 bits per heavy atom. The maximum Gasteiger partial charge on any atom is 0.102 e. The smallest absolute Gasteiger partial charge is 0.102 e. The standard InChI is InChI=1S/C16H28NO/c1-5-17(6-2,7-3)11-12-18-14-16-10-8-9-15(4)13-16/h8-10,13H,5-7,11-12,14H2,1-4H3/q+1. The lowest BCUT2D eigenvalue weighted by Crippen LogP contribution is -2.49. The molecule has 2 heteroatoms. The normalized spacial score (nSPS) is 11.8. The van der Waals surface area contributed by atoms with Gasteiger partial charge in [-0.3, -0.25) is 0 Å². The van der Waals surface area contributed by atoms with Crippen LogP contribution >= 0.6 is 0 Å². The molecule has 2 nitrogen and oxygen atoms in total. The third-order valence-electron chi connectivity index (χ3n) is 4.07. The number of hydrogen-bond donors (Lipinski definition) is 0. The number of aryl methyl sites for hydroxylation is 1. The van der Waals surface area contributed by atoms with E-state index in [0.717, 1.165) is 24.2 Å². The molecule has 0 unspecified atom stereocenters. The second kappa shape index (κ2) is 7.55. The van der Waals surface area contributed by atoms with Crippen LogP contribution in [0, 0.1) is 6.92 Å². The molecule has 1 aromatic rings. The lowest BCUT2D eigenvalue weighted by atomic mass is 10.1. The van der Waals surface area contributed by atoms with Crippen molar-refractivity contribution in [1.82, 2.24) is 0 Å². The summed E-state index contributed by atoms with van der Waals surface area (Å²) in [6, 6.07) is 8.55. The van der Waals surface area contributed by atoms with Crippen molar-refractivity contribution in [2.24, 2.45) is 0 Å². The molecular formula is C16H28NO+. The quantitative estimate of drug-likeness (QED) is 0.507. The first kappa shape index (κ1) is 15.2. The van der Waals surface area contributed by atoms with E-state index in [2.05, 4.69) is 52.0 Å². The zero-order chi connectivity index (χ0) is 13.4. The van der Waals surface area contributed by atoms with Crippen LogP contribution in [0.25, 0.3) is 0 Å². The second-order valence-corrected chi connectivity index (χ2v) is 5.06. The third-order valence-corrected chi connectivity index (χ3v) is 4.07. The van der Waals surface area contributed by atoms with Crippen LogP contribution in [0.2, 0.25) is 0 Å². The zero-order valence-corrected chi connectivity index (χ0v) is 12.4. The molecule has 0 aliphatic rings. The second-order valence-electron chi connectivity index (χ2n) is 5.06. The first-order valence-electron chi connectivity index (χ1n) is 7.14. The molecule has 0 radical (unpaired) electrons. The van der Waals surface area contributed by atoms with Crippen molar-refractivity contribution in [3.05, 3.63) is 35.4 Å². The number of ether oxygens (including phenoxy) is 1. The Balaban J connectivity index is 2.34. The summed E-state index contributed by atoms with van der Waals surface area (Å²) in [6.45, 7) is 15.2. The molecule has 102 valence electrons. The van der Waals surface area contributed by atoms with Gasteiger partial charge in [0.25, 0.3) is 0 Å². The third kappa shape index (κ3) is 4.43. The molecule has 1 aromatic carbocycles. The van der Waals surface area contributed by atoms with Gasteiger partial charge in [0.05, 0.1) is 32.8 Å². The van der Waals surface area contributed by atoms with E-state index in [-0.39, 0.29) is 0 Å². The molecule has 0 fully saturated rings. The molecule has 18 heavy (non-hydrogen) atoms. The molecule has 0 spiro atoms. The summed E-state index contributed by atoms with van der Waals surface area (Å²) < 4.78 is 6.98. The number of hydrogen-bond acceptors (Lipinski definition) is 1. The van der Waals surface area contributed by atoms with Gasteiger partial charge in [0.2, 0.25) is 0 Å². The molecule has 0 N–H and O–H groups in total. The molecule has 1 rings (SSSR count). The van der Waals surface area contributed by atoms with Crippen molar-refractivity contribution in [3.63, 3.8) is 0 Å². The minimum Gasteiger partial charge on any atom is -0.371 e. The van der Waals surface area contributed by atoms with Crippen LogP contribution in [0.4, 0.5) is 0 Å². The summed E-state index contributed by atoms with van der Waals surface area (Å²) in [4.78, 5) is 0. The highest BCUT2D eigenvalue weighted by Gasteiger charge is 2.19. The average molecular weight is 250 g/mol. The molecule has 0 heterocycles. The molecule has 0 atom stereocenters. The van der Waals surface area contributed by atoms with E-state index >= 15 is 0 Å². The fourth-order valence-corrected chi connectivity index (χ4v) is 2.40. The van der Waals surface area contributed by atoms with Gasteiger partial charge in [-0.2, -0.15) is 0 Å². The molecule has 0 amide bonds. The number of quaternary nitrogens is 1. The van der Waals surface area contributed by atoms with Crippen molar-refractivity contribution >= 4 is 0 Å². The van der Waals surface area contributed by atoms with Crippen LogP contribution in [-0.4, -0.2) is 37.3 Å². The van der Waals surface area contributed by atoms with Gasteiger partial charge >= 0.3 is 0 Å². The van der Waals surface area contributed by atoms with Crippen LogP contribution in [-0.2, 0) is 11.3 Å². The van der Waals surface area contributed by atoms with Gasteiger partial charge < -0.3 is 9.22 Å². The lowest BCUT2D eigenvalue weighted by Gasteiger charge is -2.35. The minimum absolute atomic E-state index is 0.735. The highest BCUT2D eigenvalue weighted by atomic mass is 16.5. The van der Waals surface area contributed by atoms with E-state index in [1.54, 1.807) is 0 Å². The Morgan fingerprint density at radius 1 is 1.06 bits per heavy atom. The van der Waals surface area contributed by atoms with Crippen LogP contribution in [0.15, 0.2) is 24.3 Å². The highest BCUT2D eigenvalue weighted by molar-refractivity contribution is 5.21. The Morgan fingerprint density at radius 3 is 2.28 bits per heavy atom. The van der Waals surface area contributed by atoms with E-state index < -0.39 is 0 Å². The van der Waals surface area contributed by atoms with Gasteiger partial charge in [0.1, 0.15) is 6.54 Å². The SMILES string of the molecule is CC[N+](CC)(CC)CCOCc1cccc(C)c1. The largest absolute Gasteiger partial charge is 0.371 e. The molecule has 0 bridgehead atoms. The van der Waals surface area contributed by atoms with E-state index in [1.165, 1.54) is 30.8 Å². The van der Waals surface area contributed by atoms with E-state index in [1.807, 2.05) is 0 Å². The van der Waals surface area contributed by atoms with Gasteiger partial charge in [0.15, 0.2) is 0 Å². The summed E-state index contributed by atoms with van der Waals surface area (Å²) >= 11 is 0. The van der Waals surface area contributed by atoms with Crippen molar-refractivity contribution in [2.45, 2.75) is 34.3 Å². The Kier molecular flexibility index (Phi) is 6.37. The first-order valence-corrected chi connectivity index (χ1v) is 7.14. The summed E-state index contributed by atoms with van der Waals surface area (Å²) in [7, 11) is 0. The van der Waals surface area contributed by atoms with Gasteiger partial charge in [-0.05, 0) is 33.3 Å². The van der Waals surface area contributed by atoms with Crippen molar-refractivity contribution < 1.29 is 9.22 Å². The molecule has 0 aliphatic heterocycles. The molecule has 0 saturated heterocycles. The van der Waals surface area contributed by atoms with Gasteiger partial charge in [-0.15, -0.1) is 0 Å². The van der Waals surface area contributed by atoms with Crippen LogP contribution in [0.1, 0.15) is 31.9 Å². The number of rotatable bonds is 8. The lowest BCUT2D eigenvalue weighted by molar-refractivity contribution is -0.923. The number of likely N-dealkylation sites (N-methyl/N-ethyl adjacent to an activating group) is 1. The van der Waals surface area contributed by atoms with E-state index in [9.17, 15) is 0 Å². The molecule has 0 aliphatic carbocycles. The maximum absolute atomic E-state index is 5.82. The summed E-state index contributed by atoms with van der Waals surface area (Å²) in [5.41, 5.74) is 2.58. The van der Waals surface area contributed by atoms with Gasteiger partial charge in [0, 0.05) is 0 Å². The van der Waals surface area contributed by atoms with Crippen molar-refractivity contribution in [2.75, 3.05) is 32.8 Å². The van der Waals surface area contributed by atoms with Gasteiger partial charge in [-0.1, -0.05) is 29.8 Å². The first-order chi connectivity index (χ1) is 8.65. The predicted molar refractivity (Wildman–Crippen MR) is 77.6 cm³/mol. The fourth-order valence-electron chi connectivity index (χ4n) is 2.40. The summed E-state index contributed by atoms with van der Waals surface area (Å²) in [5, 5.41) is 0. The van der Waals surface area contributed by atoms with Crippen LogP contribution < -0.4 is 0 Å². The summed E-state index contributed by atoms with van der Waals surface area (Å²) in [6.07, 6.45) is 0. The summed E-state index contributed by atoms with van der Waals surface area (Å²) in [5.74, 6) is 0. The fraction of sp³-hybridized carbons (Fsp3) is 0.625. The number of nitrogens with zero attached hydrogens (tertiary/aromatic N) is 1. The van der Waals surface area contributed by atoms with Crippen LogP contribution in [0.5, 0.6) is 0 Å². The van der Waals surface area contributed by atoms with Crippen molar-refractivity contribution in [1.29, 1.82) is 0 Å². The Bertz CT molecular complexity index is 336. The maximum atomic E-state index is 5.82. The highest BCUT2D eigenvalue weighted by Crippen LogP contribution is 2.08. The Labute approximate surface area is 112 Å². The molecule has 0 aromatic heterocycles. The predicted octanol–water partition coefficient (Wildman–Crippen LogP) is 3.39. The van der Waals surface area contributed by atoms with Gasteiger partial charge in [-0.25, -0.2) is 0 Å². The van der Waals surface area contributed by atoms with Crippen LogP contribution in [0.3, 0.4) is 0 Å². The monoisotopic (exact) mass is 250 g/mol. The Hall–Kier alpha value is -0.860. The average Bonchev–Trinajstić information content (AvgIpc) is 2.40. The number of benzene rings is 1. The molecule has 0 saturated carbocycles.